The Kier molecular flexibility index (Phi) is 6.23. The topological polar surface area (TPSA) is 49.4 Å². The summed E-state index contributed by atoms with van der Waals surface area (Å²) in [4.78, 5) is 29.3. The smallest absolute Gasteiger partial charge is 0.254 e. The number of rotatable bonds is 6. The number of nitrogens with one attached hydrogen (secondary N) is 1. The fourth-order valence-electron chi connectivity index (χ4n) is 4.48. The molecule has 1 N–H and O–H groups in total. The van der Waals surface area contributed by atoms with Gasteiger partial charge in [-0.05, 0) is 49.4 Å². The van der Waals surface area contributed by atoms with E-state index >= 15 is 0 Å². The number of benzene rings is 2. The van der Waals surface area contributed by atoms with E-state index in [4.69, 9.17) is 0 Å². The van der Waals surface area contributed by atoms with Crippen LogP contribution in [0.5, 0.6) is 0 Å². The van der Waals surface area contributed by atoms with Crippen molar-refractivity contribution in [2.24, 2.45) is 5.41 Å². The van der Waals surface area contributed by atoms with E-state index in [0.717, 1.165) is 27.1 Å². The van der Waals surface area contributed by atoms with Gasteiger partial charge in [0.2, 0.25) is 5.91 Å². The number of carbonyl (C=O) groups excluding carboxylic acids is 2. The molecule has 1 aromatic heterocycles. The number of aryl methyl sites for hydroxylation is 1. The first kappa shape index (κ1) is 21.3. The van der Waals surface area contributed by atoms with Crippen LogP contribution in [-0.2, 0) is 11.2 Å². The zero-order valence-electron chi connectivity index (χ0n) is 18.1. The Morgan fingerprint density at radius 2 is 1.84 bits per heavy atom. The lowest BCUT2D eigenvalue weighted by Crippen LogP contribution is -2.45. The molecule has 0 radical (unpaired) electrons. The van der Waals surface area contributed by atoms with Crippen LogP contribution in [0, 0.1) is 12.3 Å². The minimum Gasteiger partial charge on any atom is -0.356 e. The molecule has 0 saturated carbocycles. The van der Waals surface area contributed by atoms with Crippen LogP contribution < -0.4 is 5.32 Å². The summed E-state index contributed by atoms with van der Waals surface area (Å²) in [6, 6.07) is 20.5. The number of amides is 2. The Morgan fingerprint density at radius 3 is 2.55 bits per heavy atom. The molecule has 2 heterocycles. The molecule has 1 aliphatic rings. The summed E-state index contributed by atoms with van der Waals surface area (Å²) in [5, 5.41) is 4.95. The molecule has 0 aliphatic carbocycles. The van der Waals surface area contributed by atoms with Crippen molar-refractivity contribution in [3.63, 3.8) is 0 Å². The van der Waals surface area contributed by atoms with Crippen LogP contribution in [0.1, 0.15) is 34.1 Å². The molecule has 2 amide bonds. The van der Waals surface area contributed by atoms with Crippen LogP contribution in [0.3, 0.4) is 0 Å². The summed E-state index contributed by atoms with van der Waals surface area (Å²) in [5.41, 5.74) is 3.52. The zero-order valence-corrected chi connectivity index (χ0v) is 18.9. The monoisotopic (exact) mass is 432 g/mol. The van der Waals surface area contributed by atoms with Gasteiger partial charge in [-0.2, -0.15) is 0 Å². The summed E-state index contributed by atoms with van der Waals surface area (Å²) in [7, 11) is 0. The molecule has 0 spiro atoms. The van der Waals surface area contributed by atoms with Crippen molar-refractivity contribution in [3.05, 3.63) is 82.0 Å². The van der Waals surface area contributed by atoms with Crippen molar-refractivity contribution < 1.29 is 9.59 Å². The Balaban J connectivity index is 1.65. The molecule has 0 bridgehead atoms. The fraction of sp³-hybridized carbons (Fsp3) is 0.308. The highest BCUT2D eigenvalue weighted by molar-refractivity contribution is 7.10. The highest BCUT2D eigenvalue weighted by Crippen LogP contribution is 2.38. The van der Waals surface area contributed by atoms with Crippen molar-refractivity contribution in [2.75, 3.05) is 19.6 Å². The van der Waals surface area contributed by atoms with Gasteiger partial charge in [-0.1, -0.05) is 54.6 Å². The molecule has 4 rings (SSSR count). The first-order valence-electron chi connectivity index (χ1n) is 10.8. The van der Waals surface area contributed by atoms with Gasteiger partial charge in [0.1, 0.15) is 0 Å². The summed E-state index contributed by atoms with van der Waals surface area (Å²) >= 11 is 1.58. The van der Waals surface area contributed by atoms with Crippen molar-refractivity contribution in [1.82, 2.24) is 10.2 Å². The minimum atomic E-state index is -0.623. The molecule has 1 aliphatic heterocycles. The van der Waals surface area contributed by atoms with Gasteiger partial charge in [0.25, 0.3) is 5.91 Å². The van der Waals surface area contributed by atoms with Gasteiger partial charge >= 0.3 is 0 Å². The maximum atomic E-state index is 13.3. The molecule has 160 valence electrons. The predicted octanol–water partition coefficient (Wildman–Crippen LogP) is 4.93. The number of hydrogen-bond donors (Lipinski definition) is 1. The van der Waals surface area contributed by atoms with E-state index in [9.17, 15) is 9.59 Å². The molecule has 0 unspecified atom stereocenters. The van der Waals surface area contributed by atoms with Crippen LogP contribution in [0.15, 0.2) is 66.0 Å². The van der Waals surface area contributed by atoms with Gasteiger partial charge < -0.3 is 10.2 Å². The van der Waals surface area contributed by atoms with Crippen LogP contribution >= 0.6 is 11.3 Å². The molecule has 3 aromatic rings. The van der Waals surface area contributed by atoms with E-state index in [1.54, 1.807) is 11.3 Å². The Bertz CT molecular complexity index is 1080. The van der Waals surface area contributed by atoms with E-state index in [2.05, 4.69) is 29.6 Å². The summed E-state index contributed by atoms with van der Waals surface area (Å²) in [6.07, 6.45) is 1.27. The lowest BCUT2D eigenvalue weighted by Gasteiger charge is -2.29. The first-order valence-corrected chi connectivity index (χ1v) is 11.7. The van der Waals surface area contributed by atoms with Crippen LogP contribution in [0.25, 0.3) is 11.1 Å². The molecule has 31 heavy (non-hydrogen) atoms. The van der Waals surface area contributed by atoms with E-state index in [0.29, 0.717) is 32.5 Å². The number of likely N-dealkylation sites (tertiary alicyclic amines) is 1. The minimum absolute atomic E-state index is 0.0202. The fourth-order valence-corrected chi connectivity index (χ4v) is 5.16. The highest BCUT2D eigenvalue weighted by Gasteiger charge is 2.46. The molecule has 1 fully saturated rings. The maximum absolute atomic E-state index is 13.3. The van der Waals surface area contributed by atoms with Gasteiger partial charge in [-0.3, -0.25) is 9.59 Å². The van der Waals surface area contributed by atoms with Gasteiger partial charge in [-0.15, -0.1) is 11.3 Å². The Morgan fingerprint density at radius 1 is 1.10 bits per heavy atom. The maximum Gasteiger partial charge on any atom is 0.254 e. The summed E-state index contributed by atoms with van der Waals surface area (Å²) in [5.74, 6) is 0.0570. The van der Waals surface area contributed by atoms with Crippen molar-refractivity contribution >= 4 is 23.2 Å². The lowest BCUT2D eigenvalue weighted by atomic mass is 9.78. The SMILES string of the molecule is CCNC(=O)[C@]1(Cc2ccccc2-c2ccccc2)CCN(C(=O)c2csc(C)c2)C1. The Labute approximate surface area is 187 Å². The molecule has 1 atom stereocenters. The average Bonchev–Trinajstić information content (AvgIpc) is 3.42. The summed E-state index contributed by atoms with van der Waals surface area (Å²) in [6.45, 7) is 5.56. The number of carbonyl (C=O) groups is 2. The van der Waals surface area contributed by atoms with Crippen molar-refractivity contribution in [1.29, 1.82) is 0 Å². The molecular formula is C26H28N2O2S. The molecule has 1 saturated heterocycles. The largest absolute Gasteiger partial charge is 0.356 e. The second-order valence-corrected chi connectivity index (χ2v) is 9.38. The third-order valence-electron chi connectivity index (χ3n) is 6.07. The highest BCUT2D eigenvalue weighted by atomic mass is 32.1. The second-order valence-electron chi connectivity index (χ2n) is 8.26. The Hall–Kier alpha value is -2.92. The standard InChI is InChI=1S/C26H28N2O2S/c1-3-27-25(30)26(13-14-28(18-26)24(29)22-15-19(2)31-17-22)16-21-11-7-8-12-23(21)20-9-5-4-6-10-20/h4-12,15,17H,3,13-14,16,18H2,1-2H3,(H,27,30)/t26-/m0/s1. The van der Waals surface area contributed by atoms with Crippen molar-refractivity contribution in [2.45, 2.75) is 26.7 Å². The number of thiophene rings is 1. The predicted molar refractivity (Wildman–Crippen MR) is 126 cm³/mol. The lowest BCUT2D eigenvalue weighted by molar-refractivity contribution is -0.130. The quantitative estimate of drug-likeness (QED) is 0.600. The van der Waals surface area contributed by atoms with Gasteiger partial charge in [0, 0.05) is 29.9 Å². The normalized spacial score (nSPS) is 18.2. The van der Waals surface area contributed by atoms with Gasteiger partial charge in [-0.25, -0.2) is 0 Å². The summed E-state index contributed by atoms with van der Waals surface area (Å²) < 4.78 is 0. The zero-order chi connectivity index (χ0) is 21.8. The van der Waals surface area contributed by atoms with E-state index in [-0.39, 0.29) is 11.8 Å². The molecule has 5 heteroatoms. The first-order chi connectivity index (χ1) is 15.0. The molecule has 2 aromatic carbocycles. The van der Waals surface area contributed by atoms with Crippen LogP contribution in [0.4, 0.5) is 0 Å². The third kappa shape index (κ3) is 4.42. The van der Waals surface area contributed by atoms with Gasteiger partial charge in [0.15, 0.2) is 0 Å². The average molecular weight is 433 g/mol. The molecule has 4 nitrogen and oxygen atoms in total. The van der Waals surface area contributed by atoms with E-state index in [1.807, 2.05) is 60.5 Å². The second kappa shape index (κ2) is 9.06. The van der Waals surface area contributed by atoms with Crippen LogP contribution in [0.2, 0.25) is 0 Å². The number of nitrogens with zero attached hydrogens (tertiary/aromatic N) is 1. The molecular weight excluding hydrogens is 404 g/mol. The van der Waals surface area contributed by atoms with Crippen molar-refractivity contribution in [3.8, 4) is 11.1 Å². The third-order valence-corrected chi connectivity index (χ3v) is 6.93. The number of hydrogen-bond acceptors (Lipinski definition) is 3. The van der Waals surface area contributed by atoms with Gasteiger partial charge in [0.05, 0.1) is 11.0 Å². The van der Waals surface area contributed by atoms with Crippen LogP contribution in [-0.4, -0.2) is 36.3 Å². The van der Waals surface area contributed by atoms with E-state index in [1.165, 1.54) is 0 Å². The van der Waals surface area contributed by atoms with E-state index < -0.39 is 5.41 Å².